The highest BCUT2D eigenvalue weighted by Crippen LogP contribution is 2.33. The second kappa shape index (κ2) is 9.73. The molecule has 0 atom stereocenters. The molecule has 0 aromatic heterocycles. The van der Waals surface area contributed by atoms with Crippen LogP contribution in [-0.2, 0) is 16.4 Å². The number of amides is 1. The molecule has 5 nitrogen and oxygen atoms in total. The number of rotatable bonds is 7. The van der Waals surface area contributed by atoms with Crippen LogP contribution >= 0.6 is 23.2 Å². The number of benzene rings is 3. The van der Waals surface area contributed by atoms with Crippen LogP contribution < -0.4 is 9.62 Å². The Labute approximate surface area is 192 Å². The Kier molecular flexibility index (Phi) is 7.26. The van der Waals surface area contributed by atoms with Gasteiger partial charge < -0.3 is 5.32 Å². The number of carbonyl (C=O) groups is 1. The molecule has 162 valence electrons. The number of anilines is 2. The van der Waals surface area contributed by atoms with Gasteiger partial charge in [-0.3, -0.25) is 9.10 Å². The van der Waals surface area contributed by atoms with E-state index in [1.54, 1.807) is 43.3 Å². The lowest BCUT2D eigenvalue weighted by Crippen LogP contribution is -2.31. The minimum absolute atomic E-state index is 0.0275. The molecule has 0 bridgehead atoms. The Balaban J connectivity index is 2.03. The van der Waals surface area contributed by atoms with E-state index in [1.807, 2.05) is 25.1 Å². The fraction of sp³-hybridized carbons (Fsp3) is 0.174. The lowest BCUT2D eigenvalue weighted by atomic mass is 10.1. The monoisotopic (exact) mass is 476 g/mol. The summed E-state index contributed by atoms with van der Waals surface area (Å²) in [5.41, 5.74) is 2.12. The van der Waals surface area contributed by atoms with Crippen LogP contribution in [0.25, 0.3) is 0 Å². The standard InChI is InChI=1S/C23H22Cl2N2O3S/c1-3-16-10-8-9-13-21(16)26-23(28)18-14-22(20(25)15-19(18)24)31(29,30)27(4-2)17-11-6-5-7-12-17/h5-15H,3-4H2,1-2H3,(H,26,28). The van der Waals surface area contributed by atoms with Gasteiger partial charge in [-0.1, -0.05) is 66.5 Å². The summed E-state index contributed by atoms with van der Waals surface area (Å²) in [5, 5.41) is 2.83. The van der Waals surface area contributed by atoms with E-state index in [0.717, 1.165) is 12.0 Å². The SMILES string of the molecule is CCc1ccccc1NC(=O)c1cc(S(=O)(=O)N(CC)c2ccccc2)c(Cl)cc1Cl. The third-order valence-corrected chi connectivity index (χ3v) is 7.49. The van der Waals surface area contributed by atoms with E-state index in [9.17, 15) is 13.2 Å². The van der Waals surface area contributed by atoms with E-state index >= 15 is 0 Å². The Morgan fingerprint density at radius 2 is 1.58 bits per heavy atom. The normalized spacial score (nSPS) is 11.2. The zero-order valence-corrected chi connectivity index (χ0v) is 19.4. The summed E-state index contributed by atoms with van der Waals surface area (Å²) in [6, 6.07) is 18.6. The van der Waals surface area contributed by atoms with E-state index in [0.29, 0.717) is 11.4 Å². The first-order valence-electron chi connectivity index (χ1n) is 9.75. The van der Waals surface area contributed by atoms with Gasteiger partial charge in [-0.05, 0) is 49.2 Å². The summed E-state index contributed by atoms with van der Waals surface area (Å²) in [7, 11) is -4.03. The number of aryl methyl sites for hydroxylation is 1. The molecule has 0 aliphatic heterocycles. The van der Waals surface area contributed by atoms with Crippen molar-refractivity contribution in [3.8, 4) is 0 Å². The van der Waals surface area contributed by atoms with Crippen LogP contribution in [0.4, 0.5) is 11.4 Å². The van der Waals surface area contributed by atoms with E-state index in [-0.39, 0.29) is 27.0 Å². The molecule has 0 heterocycles. The van der Waals surface area contributed by atoms with Gasteiger partial charge in [0.15, 0.2) is 0 Å². The lowest BCUT2D eigenvalue weighted by Gasteiger charge is -2.24. The molecule has 1 amide bonds. The van der Waals surface area contributed by atoms with Crippen molar-refractivity contribution in [2.75, 3.05) is 16.2 Å². The number of nitrogens with one attached hydrogen (secondary N) is 1. The third-order valence-electron chi connectivity index (χ3n) is 4.81. The molecule has 0 saturated heterocycles. The van der Waals surface area contributed by atoms with E-state index < -0.39 is 15.9 Å². The Hall–Kier alpha value is -2.54. The maximum Gasteiger partial charge on any atom is 0.265 e. The van der Waals surface area contributed by atoms with Crippen LogP contribution in [0.15, 0.2) is 71.6 Å². The summed E-state index contributed by atoms with van der Waals surface area (Å²) in [5.74, 6) is -0.512. The first-order chi connectivity index (χ1) is 14.8. The summed E-state index contributed by atoms with van der Waals surface area (Å²) in [4.78, 5) is 12.8. The highest BCUT2D eigenvalue weighted by Gasteiger charge is 2.28. The van der Waals surface area contributed by atoms with Crippen molar-refractivity contribution in [2.45, 2.75) is 25.2 Å². The second-order valence-corrected chi connectivity index (χ2v) is 9.38. The molecule has 3 rings (SSSR count). The van der Waals surface area contributed by atoms with Gasteiger partial charge in [-0.25, -0.2) is 8.42 Å². The summed E-state index contributed by atoms with van der Waals surface area (Å²) < 4.78 is 28.0. The summed E-state index contributed by atoms with van der Waals surface area (Å²) >= 11 is 12.5. The number of carbonyl (C=O) groups excluding carboxylic acids is 1. The van der Waals surface area contributed by atoms with Gasteiger partial charge in [-0.2, -0.15) is 0 Å². The second-order valence-electron chi connectivity index (χ2n) is 6.73. The van der Waals surface area contributed by atoms with Crippen molar-refractivity contribution >= 4 is 50.5 Å². The van der Waals surface area contributed by atoms with Crippen LogP contribution in [0, 0.1) is 0 Å². The molecular formula is C23H22Cl2N2O3S. The van der Waals surface area contributed by atoms with Gasteiger partial charge in [0.05, 0.1) is 21.3 Å². The number of halogens is 2. The number of nitrogens with zero attached hydrogens (tertiary/aromatic N) is 1. The summed E-state index contributed by atoms with van der Waals surface area (Å²) in [6.45, 7) is 3.90. The molecule has 0 aliphatic carbocycles. The molecule has 0 fully saturated rings. The Morgan fingerprint density at radius 1 is 0.935 bits per heavy atom. The molecule has 0 spiro atoms. The Bertz CT molecular complexity index is 1200. The van der Waals surface area contributed by atoms with Gasteiger partial charge in [-0.15, -0.1) is 0 Å². The molecule has 3 aromatic carbocycles. The average Bonchev–Trinajstić information content (AvgIpc) is 2.75. The third kappa shape index (κ3) is 4.87. The minimum Gasteiger partial charge on any atom is -0.322 e. The molecular weight excluding hydrogens is 455 g/mol. The minimum atomic E-state index is -4.03. The quantitative estimate of drug-likeness (QED) is 0.452. The Morgan fingerprint density at radius 3 is 2.23 bits per heavy atom. The predicted octanol–water partition coefficient (Wildman–Crippen LogP) is 6.02. The van der Waals surface area contributed by atoms with Crippen LogP contribution in [0.5, 0.6) is 0 Å². The molecule has 8 heteroatoms. The topological polar surface area (TPSA) is 66.5 Å². The van der Waals surface area contributed by atoms with Crippen molar-refractivity contribution in [1.82, 2.24) is 0 Å². The molecule has 31 heavy (non-hydrogen) atoms. The van der Waals surface area contributed by atoms with Crippen molar-refractivity contribution in [3.63, 3.8) is 0 Å². The average molecular weight is 477 g/mol. The smallest absolute Gasteiger partial charge is 0.265 e. The van der Waals surface area contributed by atoms with E-state index in [4.69, 9.17) is 23.2 Å². The molecule has 0 saturated carbocycles. The van der Waals surface area contributed by atoms with Crippen LogP contribution in [-0.4, -0.2) is 20.9 Å². The fourth-order valence-corrected chi connectivity index (χ4v) is 5.56. The van der Waals surface area contributed by atoms with Crippen LogP contribution in [0.2, 0.25) is 10.0 Å². The van der Waals surface area contributed by atoms with Crippen molar-refractivity contribution in [2.24, 2.45) is 0 Å². The first kappa shape index (κ1) is 23.1. The fourth-order valence-electron chi connectivity index (χ4n) is 3.25. The van der Waals surface area contributed by atoms with Crippen molar-refractivity contribution in [1.29, 1.82) is 0 Å². The molecule has 0 radical (unpaired) electrons. The number of sulfonamides is 1. The summed E-state index contributed by atoms with van der Waals surface area (Å²) in [6.07, 6.45) is 0.729. The van der Waals surface area contributed by atoms with Crippen LogP contribution in [0.3, 0.4) is 0 Å². The van der Waals surface area contributed by atoms with Gasteiger partial charge in [0.1, 0.15) is 4.90 Å². The first-order valence-corrected chi connectivity index (χ1v) is 11.9. The molecule has 0 unspecified atom stereocenters. The molecule has 1 N–H and O–H groups in total. The largest absolute Gasteiger partial charge is 0.322 e. The van der Waals surface area contributed by atoms with Gasteiger partial charge in [0.2, 0.25) is 0 Å². The van der Waals surface area contributed by atoms with Crippen molar-refractivity contribution in [3.05, 3.63) is 87.9 Å². The highest BCUT2D eigenvalue weighted by atomic mass is 35.5. The number of hydrogen-bond acceptors (Lipinski definition) is 3. The molecule has 3 aromatic rings. The van der Waals surface area contributed by atoms with Crippen molar-refractivity contribution < 1.29 is 13.2 Å². The number of hydrogen-bond donors (Lipinski definition) is 1. The van der Waals surface area contributed by atoms with Gasteiger partial charge in [0, 0.05) is 12.2 Å². The van der Waals surface area contributed by atoms with Gasteiger partial charge in [0.25, 0.3) is 15.9 Å². The van der Waals surface area contributed by atoms with E-state index in [1.165, 1.54) is 16.4 Å². The van der Waals surface area contributed by atoms with Gasteiger partial charge >= 0.3 is 0 Å². The molecule has 0 aliphatic rings. The predicted molar refractivity (Wildman–Crippen MR) is 127 cm³/mol. The zero-order valence-electron chi connectivity index (χ0n) is 17.1. The highest BCUT2D eigenvalue weighted by molar-refractivity contribution is 7.93. The lowest BCUT2D eigenvalue weighted by molar-refractivity contribution is 0.102. The maximum atomic E-state index is 13.4. The zero-order chi connectivity index (χ0) is 22.6. The maximum absolute atomic E-state index is 13.4. The van der Waals surface area contributed by atoms with Crippen LogP contribution in [0.1, 0.15) is 29.8 Å². The number of para-hydroxylation sites is 2. The van der Waals surface area contributed by atoms with E-state index in [2.05, 4.69) is 5.32 Å².